The van der Waals surface area contributed by atoms with Gasteiger partial charge in [0.1, 0.15) is 5.82 Å². The number of thioether (sulfide) groups is 1. The van der Waals surface area contributed by atoms with Gasteiger partial charge in [0.2, 0.25) is 10.0 Å². The molecule has 196 valence electrons. The summed E-state index contributed by atoms with van der Waals surface area (Å²) in [4.78, 5) is 22.2. The third-order valence-corrected chi connectivity index (χ3v) is 8.36. The van der Waals surface area contributed by atoms with Crippen LogP contribution in [0.2, 0.25) is 0 Å². The summed E-state index contributed by atoms with van der Waals surface area (Å²) in [6, 6.07) is 6.01. The maximum Gasteiger partial charge on any atom is 0.251 e. The first-order chi connectivity index (χ1) is 17.2. The van der Waals surface area contributed by atoms with Crippen LogP contribution >= 0.6 is 11.8 Å². The molecule has 12 heteroatoms. The molecule has 0 radical (unpaired) electrons. The summed E-state index contributed by atoms with van der Waals surface area (Å²) in [6.07, 6.45) is 2.72. The van der Waals surface area contributed by atoms with Crippen LogP contribution in [-0.2, 0) is 16.6 Å². The van der Waals surface area contributed by atoms with E-state index in [1.165, 1.54) is 28.6 Å². The number of carbonyl (C=O) groups is 1. The number of nitrogens with one attached hydrogen (secondary N) is 2. The summed E-state index contributed by atoms with van der Waals surface area (Å²) in [7, 11) is -3.56. The second-order valence-electron chi connectivity index (χ2n) is 8.42. The Balaban J connectivity index is 1.70. The van der Waals surface area contributed by atoms with Crippen molar-refractivity contribution >= 4 is 44.5 Å². The van der Waals surface area contributed by atoms with Crippen LogP contribution in [0.4, 0.5) is 5.82 Å². The molecule has 2 N–H and O–H groups in total. The minimum atomic E-state index is -3.56. The Labute approximate surface area is 217 Å². The molecule has 0 spiro atoms. The van der Waals surface area contributed by atoms with Gasteiger partial charge >= 0.3 is 0 Å². The Morgan fingerprint density at radius 1 is 1.08 bits per heavy atom. The maximum atomic E-state index is 12.7. The second kappa shape index (κ2) is 12.5. The van der Waals surface area contributed by atoms with Crippen molar-refractivity contribution in [2.45, 2.75) is 62.9 Å². The van der Waals surface area contributed by atoms with E-state index in [0.29, 0.717) is 47.8 Å². The molecule has 1 amide bonds. The third-order valence-electron chi connectivity index (χ3n) is 5.43. The first-order valence-electron chi connectivity index (χ1n) is 12.2. The van der Waals surface area contributed by atoms with Crippen LogP contribution < -0.4 is 10.6 Å². The molecule has 0 aliphatic rings. The summed E-state index contributed by atoms with van der Waals surface area (Å²) >= 11 is 1.59. The lowest BCUT2D eigenvalue weighted by atomic mass is 10.2. The van der Waals surface area contributed by atoms with Gasteiger partial charge in [0.05, 0.1) is 23.0 Å². The number of anilines is 1. The van der Waals surface area contributed by atoms with Crippen molar-refractivity contribution in [3.63, 3.8) is 0 Å². The lowest BCUT2D eigenvalue weighted by Gasteiger charge is -2.18. The van der Waals surface area contributed by atoms with E-state index in [0.717, 1.165) is 24.2 Å². The predicted octanol–water partition coefficient (Wildman–Crippen LogP) is 3.61. The van der Waals surface area contributed by atoms with E-state index in [2.05, 4.69) is 41.5 Å². The molecule has 36 heavy (non-hydrogen) atoms. The SMILES string of the molecule is CCCNc1nc(SC(C)C)nc2c1cnn2CCNC(=O)c1ccc(S(=O)(=O)N(CC)CC)cc1. The van der Waals surface area contributed by atoms with Crippen LogP contribution in [0.5, 0.6) is 0 Å². The quantitative estimate of drug-likeness (QED) is 0.252. The second-order valence-corrected chi connectivity index (χ2v) is 11.9. The molecule has 0 saturated carbocycles. The molecule has 1 aromatic carbocycles. The van der Waals surface area contributed by atoms with E-state index in [4.69, 9.17) is 4.98 Å². The molecule has 2 heterocycles. The van der Waals surface area contributed by atoms with Crippen LogP contribution in [0, 0.1) is 0 Å². The summed E-state index contributed by atoms with van der Waals surface area (Å²) in [5, 5.41) is 12.6. The van der Waals surface area contributed by atoms with Gasteiger partial charge in [-0.25, -0.2) is 23.1 Å². The van der Waals surface area contributed by atoms with Gasteiger partial charge in [-0.15, -0.1) is 0 Å². The summed E-state index contributed by atoms with van der Waals surface area (Å²) < 4.78 is 28.4. The van der Waals surface area contributed by atoms with Crippen LogP contribution in [0.3, 0.4) is 0 Å². The minimum Gasteiger partial charge on any atom is -0.369 e. The van der Waals surface area contributed by atoms with E-state index >= 15 is 0 Å². The van der Waals surface area contributed by atoms with Crippen molar-refractivity contribution in [3.05, 3.63) is 36.0 Å². The highest BCUT2D eigenvalue weighted by Crippen LogP contribution is 2.26. The van der Waals surface area contributed by atoms with Crippen LogP contribution in [-0.4, -0.2) is 69.8 Å². The molecule has 3 rings (SSSR count). The topological polar surface area (TPSA) is 122 Å². The van der Waals surface area contributed by atoms with Crippen molar-refractivity contribution in [1.29, 1.82) is 0 Å². The Morgan fingerprint density at radius 2 is 1.78 bits per heavy atom. The molecule has 0 bridgehead atoms. The summed E-state index contributed by atoms with van der Waals surface area (Å²) in [6.45, 7) is 12.2. The predicted molar refractivity (Wildman–Crippen MR) is 144 cm³/mol. The van der Waals surface area contributed by atoms with Crippen molar-refractivity contribution in [2.24, 2.45) is 0 Å². The highest BCUT2D eigenvalue weighted by Gasteiger charge is 2.21. The average Bonchev–Trinajstić information content (AvgIpc) is 3.25. The lowest BCUT2D eigenvalue weighted by Crippen LogP contribution is -2.31. The third kappa shape index (κ3) is 6.54. The van der Waals surface area contributed by atoms with Gasteiger partial charge in [-0.1, -0.05) is 46.4 Å². The zero-order valence-corrected chi connectivity index (χ0v) is 23.1. The number of rotatable bonds is 13. The number of hydrogen-bond acceptors (Lipinski definition) is 8. The number of benzene rings is 1. The number of carbonyl (C=O) groups excluding carboxylic acids is 1. The smallest absolute Gasteiger partial charge is 0.251 e. The molecule has 0 fully saturated rings. The highest BCUT2D eigenvalue weighted by molar-refractivity contribution is 7.99. The Bertz CT molecular complexity index is 1270. The van der Waals surface area contributed by atoms with Crippen molar-refractivity contribution in [2.75, 3.05) is 31.5 Å². The minimum absolute atomic E-state index is 0.174. The van der Waals surface area contributed by atoms with Gasteiger partial charge in [-0.3, -0.25) is 4.79 Å². The van der Waals surface area contributed by atoms with Crippen molar-refractivity contribution in [3.8, 4) is 0 Å². The maximum absolute atomic E-state index is 12.7. The van der Waals surface area contributed by atoms with Gasteiger partial charge in [-0.2, -0.15) is 9.40 Å². The molecule has 10 nitrogen and oxygen atoms in total. The molecule has 2 aromatic heterocycles. The number of hydrogen-bond donors (Lipinski definition) is 2. The van der Waals surface area contributed by atoms with Gasteiger partial charge in [0.25, 0.3) is 5.91 Å². The number of nitrogens with zero attached hydrogens (tertiary/aromatic N) is 5. The highest BCUT2D eigenvalue weighted by atomic mass is 32.2. The molecule has 0 aliphatic heterocycles. The fraction of sp³-hybridized carbons (Fsp3) is 0.500. The van der Waals surface area contributed by atoms with Gasteiger partial charge in [0.15, 0.2) is 10.8 Å². The Morgan fingerprint density at radius 3 is 2.39 bits per heavy atom. The van der Waals surface area contributed by atoms with Gasteiger partial charge in [-0.05, 0) is 30.7 Å². The molecule has 3 aromatic rings. The van der Waals surface area contributed by atoms with E-state index < -0.39 is 10.0 Å². The number of aromatic nitrogens is 4. The standard InChI is InChI=1S/C24H35N7O3S2/c1-6-13-25-21-20-16-27-31(22(20)29-24(28-21)35-17(4)5)15-14-26-23(32)18-9-11-19(12-10-18)36(33,34)30(7-2)8-3/h9-12,16-17H,6-8,13-15H2,1-5H3,(H,26,32)(H,25,28,29). The van der Waals surface area contributed by atoms with E-state index in [1.807, 2.05) is 0 Å². The first-order valence-corrected chi connectivity index (χ1v) is 14.6. The normalized spacial score (nSPS) is 12.0. The molecule has 0 aliphatic carbocycles. The summed E-state index contributed by atoms with van der Waals surface area (Å²) in [5.74, 6) is 0.481. The molecule has 0 unspecified atom stereocenters. The Hall–Kier alpha value is -2.70. The Kier molecular flexibility index (Phi) is 9.69. The number of sulfonamides is 1. The van der Waals surface area contributed by atoms with E-state index in [9.17, 15) is 13.2 Å². The van der Waals surface area contributed by atoms with Crippen molar-refractivity contribution < 1.29 is 13.2 Å². The van der Waals surface area contributed by atoms with Gasteiger partial charge in [0, 0.05) is 37.0 Å². The van der Waals surface area contributed by atoms with Crippen LogP contribution in [0.1, 0.15) is 51.4 Å². The average molecular weight is 534 g/mol. The zero-order chi connectivity index (χ0) is 26.3. The fourth-order valence-corrected chi connectivity index (χ4v) is 5.77. The zero-order valence-electron chi connectivity index (χ0n) is 21.5. The molecule has 0 atom stereocenters. The van der Waals surface area contributed by atoms with Crippen LogP contribution in [0.15, 0.2) is 40.5 Å². The van der Waals surface area contributed by atoms with Gasteiger partial charge < -0.3 is 10.6 Å². The number of fused-ring (bicyclic) bond motifs is 1. The molecule has 0 saturated heterocycles. The molecular formula is C24H35N7O3S2. The van der Waals surface area contributed by atoms with Crippen molar-refractivity contribution in [1.82, 2.24) is 29.4 Å². The fourth-order valence-electron chi connectivity index (χ4n) is 3.61. The monoisotopic (exact) mass is 533 g/mol. The van der Waals surface area contributed by atoms with E-state index in [1.54, 1.807) is 36.5 Å². The summed E-state index contributed by atoms with van der Waals surface area (Å²) in [5.41, 5.74) is 1.11. The lowest BCUT2D eigenvalue weighted by molar-refractivity contribution is 0.0952. The van der Waals surface area contributed by atoms with E-state index in [-0.39, 0.29) is 10.8 Å². The van der Waals surface area contributed by atoms with Crippen LogP contribution in [0.25, 0.3) is 11.0 Å². The first kappa shape index (κ1) is 27.9. The number of amides is 1. The molecular weight excluding hydrogens is 498 g/mol. The largest absolute Gasteiger partial charge is 0.369 e.